The molecule has 2 aromatic carbocycles. The van der Waals surface area contributed by atoms with Crippen molar-refractivity contribution in [3.63, 3.8) is 0 Å². The van der Waals surface area contributed by atoms with Crippen molar-refractivity contribution in [1.29, 1.82) is 0 Å². The van der Waals surface area contributed by atoms with Crippen LogP contribution in [-0.2, 0) is 6.18 Å². The molecule has 2 heterocycles. The second-order valence-corrected chi connectivity index (χ2v) is 9.39. The Kier molecular flexibility index (Phi) is 6.70. The van der Waals surface area contributed by atoms with Crippen LogP contribution in [0.3, 0.4) is 0 Å². The van der Waals surface area contributed by atoms with E-state index in [0.717, 1.165) is 37.8 Å². The van der Waals surface area contributed by atoms with Crippen LogP contribution < -0.4 is 16.4 Å². The second kappa shape index (κ2) is 9.97. The van der Waals surface area contributed by atoms with Crippen LogP contribution in [0.4, 0.5) is 23.8 Å². The van der Waals surface area contributed by atoms with E-state index in [0.29, 0.717) is 27.4 Å². The van der Waals surface area contributed by atoms with Gasteiger partial charge in [-0.25, -0.2) is 14.3 Å². The van der Waals surface area contributed by atoms with E-state index in [1.807, 2.05) is 0 Å². The van der Waals surface area contributed by atoms with Gasteiger partial charge in [0.1, 0.15) is 5.56 Å². The van der Waals surface area contributed by atoms with E-state index in [1.54, 1.807) is 24.3 Å². The van der Waals surface area contributed by atoms with Gasteiger partial charge in [0.25, 0.3) is 5.91 Å². The summed E-state index contributed by atoms with van der Waals surface area (Å²) < 4.78 is 41.1. The molecule has 1 saturated carbocycles. The number of benzene rings is 2. The van der Waals surface area contributed by atoms with Crippen molar-refractivity contribution in [2.45, 2.75) is 37.9 Å². The number of aromatic nitrogens is 3. The van der Waals surface area contributed by atoms with Crippen molar-refractivity contribution in [3.8, 4) is 22.4 Å². The number of hydrogen-bond donors (Lipinski definition) is 3. The number of anilines is 1. The minimum Gasteiger partial charge on any atom is -0.351 e. The second-order valence-electron chi connectivity index (χ2n) is 8.98. The van der Waals surface area contributed by atoms with E-state index in [1.165, 1.54) is 22.8 Å². The number of nitrogens with two attached hydrogens (primary N) is 1. The van der Waals surface area contributed by atoms with E-state index in [4.69, 9.17) is 17.3 Å². The van der Waals surface area contributed by atoms with E-state index in [9.17, 15) is 22.8 Å². The lowest BCUT2D eigenvalue weighted by molar-refractivity contribution is -0.137. The van der Waals surface area contributed by atoms with Crippen LogP contribution in [0.5, 0.6) is 0 Å². The Morgan fingerprint density at radius 3 is 2.34 bits per heavy atom. The van der Waals surface area contributed by atoms with Crippen LogP contribution in [-0.4, -0.2) is 32.6 Å². The minimum absolute atomic E-state index is 0.00503. The molecule has 3 amide bonds. The predicted molar refractivity (Wildman–Crippen MR) is 137 cm³/mol. The number of urea groups is 1. The first-order chi connectivity index (χ1) is 18.1. The Labute approximate surface area is 220 Å². The maximum Gasteiger partial charge on any atom is 0.416 e. The molecule has 0 atom stereocenters. The van der Waals surface area contributed by atoms with E-state index in [2.05, 4.69) is 20.7 Å². The fourth-order valence-electron chi connectivity index (χ4n) is 4.70. The fourth-order valence-corrected chi connectivity index (χ4v) is 4.94. The SMILES string of the molecule is NC(=O)Nc1nn2c(-c3ccc(C(F)(F)F)cc3)c(-c3ccccc3Cl)cnc2c1C(=O)NC1CCCC1. The summed E-state index contributed by atoms with van der Waals surface area (Å²) in [6.07, 6.45) is 0.584. The van der Waals surface area contributed by atoms with Crippen LogP contribution in [0.15, 0.2) is 54.7 Å². The number of hydrogen-bond acceptors (Lipinski definition) is 4. The van der Waals surface area contributed by atoms with Gasteiger partial charge in [0.15, 0.2) is 11.5 Å². The number of carbonyl (C=O) groups is 2. The summed E-state index contributed by atoms with van der Waals surface area (Å²) >= 11 is 6.46. The monoisotopic (exact) mass is 542 g/mol. The Balaban J connectivity index is 1.75. The van der Waals surface area contributed by atoms with Gasteiger partial charge in [-0.15, -0.1) is 5.10 Å². The molecule has 2 aromatic heterocycles. The van der Waals surface area contributed by atoms with Crippen molar-refractivity contribution in [1.82, 2.24) is 19.9 Å². The largest absolute Gasteiger partial charge is 0.416 e. The number of halogens is 4. The molecule has 8 nitrogen and oxygen atoms in total. The molecule has 12 heteroatoms. The summed E-state index contributed by atoms with van der Waals surface area (Å²) in [5.41, 5.74) is 6.31. The molecular formula is C26H22ClF3N6O2. The molecule has 0 bridgehead atoms. The molecule has 38 heavy (non-hydrogen) atoms. The number of rotatable bonds is 5. The topological polar surface area (TPSA) is 114 Å². The molecule has 4 aromatic rings. The zero-order valence-corrected chi connectivity index (χ0v) is 20.6. The van der Waals surface area contributed by atoms with Gasteiger partial charge in [-0.2, -0.15) is 13.2 Å². The number of alkyl halides is 3. The maximum atomic E-state index is 13.3. The zero-order valence-electron chi connectivity index (χ0n) is 19.8. The van der Waals surface area contributed by atoms with Crippen molar-refractivity contribution in [3.05, 3.63) is 70.9 Å². The van der Waals surface area contributed by atoms with Crippen molar-refractivity contribution in [2.24, 2.45) is 5.73 Å². The van der Waals surface area contributed by atoms with Gasteiger partial charge in [0.05, 0.1) is 11.3 Å². The van der Waals surface area contributed by atoms with Crippen molar-refractivity contribution in [2.75, 3.05) is 5.32 Å². The van der Waals surface area contributed by atoms with E-state index < -0.39 is 23.7 Å². The van der Waals surface area contributed by atoms with Gasteiger partial charge in [-0.05, 0) is 31.0 Å². The average molecular weight is 543 g/mol. The first kappa shape index (κ1) is 25.5. The lowest BCUT2D eigenvalue weighted by atomic mass is 9.99. The minimum atomic E-state index is -4.52. The van der Waals surface area contributed by atoms with Gasteiger partial charge in [0.2, 0.25) is 0 Å². The molecule has 0 saturated heterocycles. The van der Waals surface area contributed by atoms with Crippen LogP contribution in [0.1, 0.15) is 41.6 Å². The lowest BCUT2D eigenvalue weighted by Crippen LogP contribution is -2.33. The highest BCUT2D eigenvalue weighted by atomic mass is 35.5. The van der Waals surface area contributed by atoms with Crippen LogP contribution >= 0.6 is 11.6 Å². The molecule has 1 aliphatic carbocycles. The molecule has 1 fully saturated rings. The fraction of sp³-hybridized carbons (Fsp3) is 0.231. The highest BCUT2D eigenvalue weighted by Crippen LogP contribution is 2.38. The van der Waals surface area contributed by atoms with Gasteiger partial charge in [-0.3, -0.25) is 10.1 Å². The molecule has 0 radical (unpaired) electrons. The lowest BCUT2D eigenvalue weighted by Gasteiger charge is -2.15. The van der Waals surface area contributed by atoms with Crippen LogP contribution in [0, 0.1) is 0 Å². The highest BCUT2D eigenvalue weighted by Gasteiger charge is 2.31. The molecule has 5 rings (SSSR count). The summed E-state index contributed by atoms with van der Waals surface area (Å²) in [6, 6.07) is 10.4. The summed E-state index contributed by atoms with van der Waals surface area (Å²) in [5.74, 6) is -0.614. The van der Waals surface area contributed by atoms with Crippen molar-refractivity contribution >= 4 is 35.0 Å². The number of nitrogens with zero attached hydrogens (tertiary/aromatic N) is 3. The Hall–Kier alpha value is -4.12. The number of nitrogens with one attached hydrogen (secondary N) is 2. The third-order valence-electron chi connectivity index (χ3n) is 6.45. The Bertz CT molecular complexity index is 1530. The van der Waals surface area contributed by atoms with Crippen LogP contribution in [0.2, 0.25) is 5.02 Å². The third kappa shape index (κ3) is 4.89. The van der Waals surface area contributed by atoms with Gasteiger partial charge in [0, 0.05) is 34.0 Å². The average Bonchev–Trinajstić information content (AvgIpc) is 3.50. The smallest absolute Gasteiger partial charge is 0.351 e. The molecule has 196 valence electrons. The number of primary amides is 1. The normalized spacial score (nSPS) is 14.1. The first-order valence-corrected chi connectivity index (χ1v) is 12.2. The number of fused-ring (bicyclic) bond motifs is 1. The van der Waals surface area contributed by atoms with Gasteiger partial charge in [-0.1, -0.05) is 54.8 Å². The van der Waals surface area contributed by atoms with E-state index >= 15 is 0 Å². The Morgan fingerprint density at radius 2 is 1.71 bits per heavy atom. The zero-order chi connectivity index (χ0) is 27.0. The molecule has 4 N–H and O–H groups in total. The summed E-state index contributed by atoms with van der Waals surface area (Å²) in [4.78, 5) is 29.6. The molecule has 1 aliphatic rings. The van der Waals surface area contributed by atoms with Gasteiger partial charge >= 0.3 is 12.2 Å². The third-order valence-corrected chi connectivity index (χ3v) is 6.78. The van der Waals surface area contributed by atoms with Gasteiger partial charge < -0.3 is 11.1 Å². The van der Waals surface area contributed by atoms with Crippen LogP contribution in [0.25, 0.3) is 28.0 Å². The summed E-state index contributed by atoms with van der Waals surface area (Å²) in [7, 11) is 0. The predicted octanol–water partition coefficient (Wildman–Crippen LogP) is 5.90. The van der Waals surface area contributed by atoms with Crippen molar-refractivity contribution < 1.29 is 22.8 Å². The number of amides is 3. The molecular weight excluding hydrogens is 521 g/mol. The van der Waals surface area contributed by atoms with E-state index in [-0.39, 0.29) is 23.1 Å². The standard InChI is InChI=1S/C26H22ClF3N6O2/c27-19-8-4-3-7-17(19)18-13-32-23-20(24(37)33-16-5-1-2-6-16)22(34-25(31)38)35-36(23)21(18)14-9-11-15(12-10-14)26(28,29)30/h3-4,7-13,16H,1-2,5-6H2,(H,33,37)(H3,31,34,35,38). The number of carbonyl (C=O) groups excluding carboxylic acids is 2. The molecule has 0 aliphatic heterocycles. The summed E-state index contributed by atoms with van der Waals surface area (Å²) in [6.45, 7) is 0. The summed E-state index contributed by atoms with van der Waals surface area (Å²) in [5, 5.41) is 10.1. The quantitative estimate of drug-likeness (QED) is 0.291. The molecule has 0 unspecified atom stereocenters. The molecule has 0 spiro atoms. The first-order valence-electron chi connectivity index (χ1n) is 11.8. The maximum absolute atomic E-state index is 13.3. The highest BCUT2D eigenvalue weighted by molar-refractivity contribution is 6.33. The Morgan fingerprint density at radius 1 is 1.03 bits per heavy atom.